The molecule has 4 heteroatoms. The van der Waals surface area contributed by atoms with Crippen molar-refractivity contribution >= 4 is 5.82 Å². The van der Waals surface area contributed by atoms with Crippen molar-refractivity contribution in [2.24, 2.45) is 0 Å². The van der Waals surface area contributed by atoms with Crippen molar-refractivity contribution in [2.75, 3.05) is 31.1 Å². The van der Waals surface area contributed by atoms with Crippen LogP contribution in [0.5, 0.6) is 0 Å². The Balaban J connectivity index is 2.70. The SMILES string of the molecule is C=CCN(CCO)c1ccc(C(C)NCCC)cn1. The molecule has 0 bridgehead atoms. The first kappa shape index (κ1) is 15.7. The molecule has 0 saturated carbocycles. The number of rotatable bonds is 9. The minimum absolute atomic E-state index is 0.117. The third-order valence-corrected chi connectivity index (χ3v) is 3.01. The molecule has 1 aromatic rings. The van der Waals surface area contributed by atoms with Gasteiger partial charge in [-0.25, -0.2) is 4.98 Å². The van der Waals surface area contributed by atoms with E-state index in [1.807, 2.05) is 23.2 Å². The lowest BCUT2D eigenvalue weighted by Crippen LogP contribution is -2.27. The highest BCUT2D eigenvalue weighted by Gasteiger charge is 2.08. The number of anilines is 1. The van der Waals surface area contributed by atoms with E-state index in [0.29, 0.717) is 19.1 Å². The number of nitrogens with zero attached hydrogens (tertiary/aromatic N) is 2. The van der Waals surface area contributed by atoms with E-state index in [9.17, 15) is 0 Å². The van der Waals surface area contributed by atoms with Gasteiger partial charge >= 0.3 is 0 Å². The summed E-state index contributed by atoms with van der Waals surface area (Å²) in [6, 6.07) is 4.40. The minimum Gasteiger partial charge on any atom is -0.395 e. The first-order valence-corrected chi connectivity index (χ1v) is 6.89. The molecule has 0 amide bonds. The maximum Gasteiger partial charge on any atom is 0.128 e. The highest BCUT2D eigenvalue weighted by molar-refractivity contribution is 5.40. The zero-order valence-electron chi connectivity index (χ0n) is 12.0. The van der Waals surface area contributed by atoms with Crippen molar-refractivity contribution in [1.82, 2.24) is 10.3 Å². The van der Waals surface area contributed by atoms with Crippen LogP contribution in [-0.4, -0.2) is 36.3 Å². The molecule has 106 valence electrons. The van der Waals surface area contributed by atoms with Crippen molar-refractivity contribution in [3.8, 4) is 0 Å². The highest BCUT2D eigenvalue weighted by atomic mass is 16.3. The van der Waals surface area contributed by atoms with Gasteiger partial charge in [-0.2, -0.15) is 0 Å². The predicted molar refractivity (Wildman–Crippen MR) is 80.4 cm³/mol. The average molecular weight is 263 g/mol. The number of aliphatic hydroxyl groups excluding tert-OH is 1. The van der Waals surface area contributed by atoms with E-state index in [1.54, 1.807) is 0 Å². The largest absolute Gasteiger partial charge is 0.395 e. The van der Waals surface area contributed by atoms with Crippen molar-refractivity contribution in [2.45, 2.75) is 26.3 Å². The molecule has 0 fully saturated rings. The molecule has 1 rings (SSSR count). The Morgan fingerprint density at radius 2 is 2.32 bits per heavy atom. The van der Waals surface area contributed by atoms with Crippen LogP contribution < -0.4 is 10.2 Å². The summed E-state index contributed by atoms with van der Waals surface area (Å²) in [4.78, 5) is 6.47. The van der Waals surface area contributed by atoms with Crippen LogP contribution in [0.25, 0.3) is 0 Å². The smallest absolute Gasteiger partial charge is 0.128 e. The minimum atomic E-state index is 0.117. The Labute approximate surface area is 116 Å². The lowest BCUT2D eigenvalue weighted by atomic mass is 10.1. The molecule has 0 aromatic carbocycles. The van der Waals surface area contributed by atoms with Crippen LogP contribution in [0.15, 0.2) is 31.0 Å². The van der Waals surface area contributed by atoms with Gasteiger partial charge in [0.25, 0.3) is 0 Å². The van der Waals surface area contributed by atoms with Gasteiger partial charge in [0.2, 0.25) is 0 Å². The van der Waals surface area contributed by atoms with E-state index in [4.69, 9.17) is 5.11 Å². The lowest BCUT2D eigenvalue weighted by Gasteiger charge is -2.22. The molecule has 0 aliphatic rings. The van der Waals surface area contributed by atoms with E-state index >= 15 is 0 Å². The Morgan fingerprint density at radius 1 is 1.53 bits per heavy atom. The van der Waals surface area contributed by atoms with Gasteiger partial charge in [0.15, 0.2) is 0 Å². The lowest BCUT2D eigenvalue weighted by molar-refractivity contribution is 0.302. The summed E-state index contributed by atoms with van der Waals surface area (Å²) < 4.78 is 0. The third-order valence-electron chi connectivity index (χ3n) is 3.01. The molecule has 0 saturated heterocycles. The second kappa shape index (κ2) is 8.67. The van der Waals surface area contributed by atoms with Gasteiger partial charge in [0.1, 0.15) is 5.82 Å². The zero-order chi connectivity index (χ0) is 14.1. The number of pyridine rings is 1. The molecule has 0 aliphatic heterocycles. The molecular formula is C15H25N3O. The first-order chi connectivity index (χ1) is 9.22. The van der Waals surface area contributed by atoms with Crippen LogP contribution in [0.4, 0.5) is 5.82 Å². The summed E-state index contributed by atoms with van der Waals surface area (Å²) in [6.07, 6.45) is 4.84. The summed E-state index contributed by atoms with van der Waals surface area (Å²) in [5, 5.41) is 12.5. The summed E-state index contributed by atoms with van der Waals surface area (Å²) >= 11 is 0. The standard InChI is InChI=1S/C15H25N3O/c1-4-8-16-13(3)14-6-7-15(17-12-14)18(9-5-2)10-11-19/h5-7,12-13,16,19H,2,4,8-11H2,1,3H3. The molecule has 1 aromatic heterocycles. The maximum absolute atomic E-state index is 9.05. The van der Waals surface area contributed by atoms with Gasteiger partial charge in [-0.05, 0) is 31.5 Å². The number of aromatic nitrogens is 1. The Bertz CT molecular complexity index is 364. The fourth-order valence-electron chi connectivity index (χ4n) is 1.90. The number of aliphatic hydroxyl groups is 1. The molecule has 4 nitrogen and oxygen atoms in total. The quantitative estimate of drug-likeness (QED) is 0.670. The van der Waals surface area contributed by atoms with Gasteiger partial charge in [-0.3, -0.25) is 0 Å². The van der Waals surface area contributed by atoms with Crippen molar-refractivity contribution < 1.29 is 5.11 Å². The third kappa shape index (κ3) is 5.01. The first-order valence-electron chi connectivity index (χ1n) is 6.89. The Morgan fingerprint density at radius 3 is 2.84 bits per heavy atom. The highest BCUT2D eigenvalue weighted by Crippen LogP contribution is 2.16. The van der Waals surface area contributed by atoms with E-state index < -0.39 is 0 Å². The molecule has 0 radical (unpaired) electrons. The molecular weight excluding hydrogens is 238 g/mol. The summed E-state index contributed by atoms with van der Waals surface area (Å²) in [5.41, 5.74) is 1.18. The van der Waals surface area contributed by atoms with E-state index in [2.05, 4.69) is 36.8 Å². The summed E-state index contributed by atoms with van der Waals surface area (Å²) in [7, 11) is 0. The van der Waals surface area contributed by atoms with Crippen LogP contribution in [0, 0.1) is 0 Å². The Hall–Kier alpha value is -1.39. The van der Waals surface area contributed by atoms with Gasteiger partial charge < -0.3 is 15.3 Å². The normalized spacial score (nSPS) is 12.2. The van der Waals surface area contributed by atoms with Gasteiger partial charge in [0.05, 0.1) is 6.61 Å². The maximum atomic E-state index is 9.05. The van der Waals surface area contributed by atoms with Crippen LogP contribution in [0.3, 0.4) is 0 Å². The number of nitrogens with one attached hydrogen (secondary N) is 1. The topological polar surface area (TPSA) is 48.4 Å². The molecule has 19 heavy (non-hydrogen) atoms. The number of hydrogen-bond donors (Lipinski definition) is 2. The van der Waals surface area contributed by atoms with E-state index in [1.165, 1.54) is 5.56 Å². The Kier molecular flexibility index (Phi) is 7.15. The number of hydrogen-bond acceptors (Lipinski definition) is 4. The molecule has 2 N–H and O–H groups in total. The van der Waals surface area contributed by atoms with E-state index in [0.717, 1.165) is 18.8 Å². The molecule has 0 aliphatic carbocycles. The monoisotopic (exact) mass is 263 g/mol. The van der Waals surface area contributed by atoms with Gasteiger partial charge in [-0.15, -0.1) is 6.58 Å². The average Bonchev–Trinajstić information content (AvgIpc) is 2.44. The summed E-state index contributed by atoms with van der Waals surface area (Å²) in [6.45, 7) is 10.4. The van der Waals surface area contributed by atoms with Crippen LogP contribution in [0.1, 0.15) is 31.9 Å². The molecule has 1 unspecified atom stereocenters. The molecule has 0 spiro atoms. The second-order valence-electron chi connectivity index (χ2n) is 4.58. The zero-order valence-corrected chi connectivity index (χ0v) is 12.0. The van der Waals surface area contributed by atoms with Crippen molar-refractivity contribution in [3.05, 3.63) is 36.5 Å². The fourth-order valence-corrected chi connectivity index (χ4v) is 1.90. The van der Waals surface area contributed by atoms with E-state index in [-0.39, 0.29) is 6.61 Å². The van der Waals surface area contributed by atoms with Crippen LogP contribution in [0.2, 0.25) is 0 Å². The van der Waals surface area contributed by atoms with Crippen molar-refractivity contribution in [1.29, 1.82) is 0 Å². The second-order valence-corrected chi connectivity index (χ2v) is 4.58. The van der Waals surface area contributed by atoms with Crippen LogP contribution >= 0.6 is 0 Å². The van der Waals surface area contributed by atoms with Gasteiger partial charge in [-0.1, -0.05) is 19.1 Å². The predicted octanol–water partition coefficient (Wildman–Crippen LogP) is 2.13. The van der Waals surface area contributed by atoms with Crippen LogP contribution in [-0.2, 0) is 0 Å². The molecule has 1 atom stereocenters. The summed E-state index contributed by atoms with van der Waals surface area (Å²) in [5.74, 6) is 0.875. The van der Waals surface area contributed by atoms with Gasteiger partial charge in [0, 0.05) is 25.3 Å². The molecule has 1 heterocycles. The fraction of sp³-hybridized carbons (Fsp3) is 0.533. The van der Waals surface area contributed by atoms with Crippen molar-refractivity contribution in [3.63, 3.8) is 0 Å².